The maximum atomic E-state index is 12.5. The fraction of sp³-hybridized carbons (Fsp3) is 0.556. The molecule has 0 radical (unpaired) electrons. The first-order valence-electron chi connectivity index (χ1n) is 12.3. The van der Waals surface area contributed by atoms with Gasteiger partial charge >= 0.3 is 0 Å². The summed E-state index contributed by atoms with van der Waals surface area (Å²) < 4.78 is 0. The molecule has 1 spiro atoms. The van der Waals surface area contributed by atoms with Crippen LogP contribution in [0.2, 0.25) is 5.15 Å². The number of pyridine rings is 1. The molecule has 170 valence electrons. The predicted molar refractivity (Wildman–Crippen MR) is 129 cm³/mol. The fourth-order valence-corrected chi connectivity index (χ4v) is 7.52. The number of benzene rings is 1. The van der Waals surface area contributed by atoms with Gasteiger partial charge in [-0.25, -0.2) is 4.98 Å². The number of halogens is 1. The van der Waals surface area contributed by atoms with Gasteiger partial charge in [0.25, 0.3) is 0 Å². The quantitative estimate of drug-likeness (QED) is 0.508. The third-order valence-corrected chi connectivity index (χ3v) is 8.80. The SMILES string of the molecule is CCCC1([C@@H]2CNCC23CCCc2nc(Cl)ccc23)CC(c2ccccc2)CCN1C=O. The zero-order chi connectivity index (χ0) is 22.2. The van der Waals surface area contributed by atoms with Crippen molar-refractivity contribution < 1.29 is 4.79 Å². The summed E-state index contributed by atoms with van der Waals surface area (Å²) in [5, 5.41) is 4.35. The molecule has 3 unspecified atom stereocenters. The molecule has 0 bridgehead atoms. The van der Waals surface area contributed by atoms with Gasteiger partial charge in [-0.2, -0.15) is 0 Å². The van der Waals surface area contributed by atoms with Crippen LogP contribution in [0.1, 0.15) is 68.2 Å². The number of fused-ring (bicyclic) bond motifs is 2. The number of aryl methyl sites for hydroxylation is 1. The molecule has 5 heteroatoms. The summed E-state index contributed by atoms with van der Waals surface area (Å²) in [6.45, 7) is 5.01. The number of likely N-dealkylation sites (tertiary alicyclic amines) is 1. The van der Waals surface area contributed by atoms with Crippen LogP contribution in [0.25, 0.3) is 0 Å². The lowest BCUT2D eigenvalue weighted by molar-refractivity contribution is -0.132. The minimum atomic E-state index is -0.146. The second-order valence-electron chi connectivity index (χ2n) is 10.1. The molecule has 2 aliphatic heterocycles. The molecule has 0 saturated carbocycles. The van der Waals surface area contributed by atoms with E-state index in [0.717, 1.165) is 76.7 Å². The van der Waals surface area contributed by atoms with Crippen LogP contribution in [0.4, 0.5) is 0 Å². The molecule has 32 heavy (non-hydrogen) atoms. The van der Waals surface area contributed by atoms with Crippen molar-refractivity contribution >= 4 is 18.0 Å². The van der Waals surface area contributed by atoms with Crippen LogP contribution in [0.15, 0.2) is 42.5 Å². The molecule has 1 aromatic heterocycles. The van der Waals surface area contributed by atoms with Gasteiger partial charge in [0.1, 0.15) is 5.15 Å². The highest BCUT2D eigenvalue weighted by Gasteiger charge is 2.58. The van der Waals surface area contributed by atoms with Crippen molar-refractivity contribution in [2.45, 2.75) is 68.7 Å². The highest BCUT2D eigenvalue weighted by atomic mass is 35.5. The number of carbonyl (C=O) groups excluding carboxylic acids is 1. The highest BCUT2D eigenvalue weighted by molar-refractivity contribution is 6.29. The summed E-state index contributed by atoms with van der Waals surface area (Å²) in [6, 6.07) is 15.1. The summed E-state index contributed by atoms with van der Waals surface area (Å²) in [5.41, 5.74) is 3.81. The second-order valence-corrected chi connectivity index (χ2v) is 10.5. The minimum absolute atomic E-state index is 0.0141. The normalized spacial score (nSPS) is 32.1. The zero-order valence-electron chi connectivity index (χ0n) is 19.0. The zero-order valence-corrected chi connectivity index (χ0v) is 19.8. The van der Waals surface area contributed by atoms with Crippen LogP contribution in [-0.4, -0.2) is 41.5 Å². The molecule has 5 rings (SSSR count). The largest absolute Gasteiger partial charge is 0.339 e. The van der Waals surface area contributed by atoms with E-state index >= 15 is 0 Å². The first-order valence-corrected chi connectivity index (χ1v) is 12.6. The summed E-state index contributed by atoms with van der Waals surface area (Å²) in [5.74, 6) is 0.858. The van der Waals surface area contributed by atoms with E-state index in [-0.39, 0.29) is 11.0 Å². The van der Waals surface area contributed by atoms with Gasteiger partial charge in [-0.1, -0.05) is 61.3 Å². The molecule has 4 nitrogen and oxygen atoms in total. The van der Waals surface area contributed by atoms with E-state index in [0.29, 0.717) is 17.0 Å². The van der Waals surface area contributed by atoms with Crippen molar-refractivity contribution in [3.05, 3.63) is 64.4 Å². The van der Waals surface area contributed by atoms with Crippen molar-refractivity contribution in [2.24, 2.45) is 5.92 Å². The summed E-state index contributed by atoms with van der Waals surface area (Å²) in [7, 11) is 0. The van der Waals surface area contributed by atoms with Crippen LogP contribution >= 0.6 is 11.6 Å². The monoisotopic (exact) mass is 451 g/mol. The molecule has 1 amide bonds. The number of rotatable bonds is 5. The topological polar surface area (TPSA) is 45.2 Å². The molecule has 1 N–H and O–H groups in total. The van der Waals surface area contributed by atoms with Gasteiger partial charge in [-0.3, -0.25) is 4.79 Å². The predicted octanol–water partition coefficient (Wildman–Crippen LogP) is 5.10. The third-order valence-electron chi connectivity index (χ3n) is 8.59. The van der Waals surface area contributed by atoms with Crippen LogP contribution < -0.4 is 5.32 Å². The number of nitrogens with one attached hydrogen (secondary N) is 1. The van der Waals surface area contributed by atoms with E-state index in [1.165, 1.54) is 11.1 Å². The van der Waals surface area contributed by atoms with Crippen LogP contribution in [0, 0.1) is 5.92 Å². The van der Waals surface area contributed by atoms with Crippen LogP contribution in [-0.2, 0) is 16.6 Å². The lowest BCUT2D eigenvalue weighted by atomic mass is 9.56. The Labute approximate surface area is 196 Å². The van der Waals surface area contributed by atoms with E-state index < -0.39 is 0 Å². The lowest BCUT2D eigenvalue weighted by Crippen LogP contribution is -2.62. The number of hydrogen-bond acceptors (Lipinski definition) is 3. The van der Waals surface area contributed by atoms with Crippen molar-refractivity contribution in [1.82, 2.24) is 15.2 Å². The number of amides is 1. The van der Waals surface area contributed by atoms with Gasteiger partial charge in [0.15, 0.2) is 0 Å². The van der Waals surface area contributed by atoms with Gasteiger partial charge in [-0.15, -0.1) is 0 Å². The molecule has 2 saturated heterocycles. The Morgan fingerprint density at radius 2 is 2.09 bits per heavy atom. The van der Waals surface area contributed by atoms with E-state index in [1.54, 1.807) is 0 Å². The molecule has 3 heterocycles. The number of aromatic nitrogens is 1. The lowest BCUT2D eigenvalue weighted by Gasteiger charge is -2.57. The second kappa shape index (κ2) is 8.79. The Balaban J connectivity index is 1.61. The van der Waals surface area contributed by atoms with Crippen LogP contribution in [0.3, 0.4) is 0 Å². The van der Waals surface area contributed by atoms with Gasteiger partial charge in [0.2, 0.25) is 6.41 Å². The molecule has 3 aliphatic rings. The van der Waals surface area contributed by atoms with Gasteiger partial charge in [-0.05, 0) is 61.6 Å². The third kappa shape index (κ3) is 3.47. The fourth-order valence-electron chi connectivity index (χ4n) is 7.36. The number of nitrogens with zero attached hydrogens (tertiary/aromatic N) is 2. The van der Waals surface area contributed by atoms with E-state index in [1.807, 2.05) is 6.07 Å². The molecular formula is C27H34ClN3O. The Kier molecular flexibility index (Phi) is 6.02. The van der Waals surface area contributed by atoms with Crippen molar-refractivity contribution in [1.29, 1.82) is 0 Å². The maximum Gasteiger partial charge on any atom is 0.210 e. The standard InChI is InChI=1S/C27H34ClN3O/c1-2-13-27(16-21(12-15-31(27)19-32)20-7-4-3-5-8-20)24-17-29-18-26(24)14-6-9-23-22(26)10-11-25(28)30-23/h3-5,7-8,10-11,19,21,24,29H,2,6,9,12-18H2,1H3/t21?,24-,26?,27?/m1/s1. The van der Waals surface area contributed by atoms with Crippen molar-refractivity contribution in [2.75, 3.05) is 19.6 Å². The Morgan fingerprint density at radius 3 is 2.88 bits per heavy atom. The summed E-state index contributed by atoms with van der Waals surface area (Å²) in [4.78, 5) is 19.4. The number of piperidine rings is 1. The summed E-state index contributed by atoms with van der Waals surface area (Å²) >= 11 is 6.29. The van der Waals surface area contributed by atoms with Crippen LogP contribution in [0.5, 0.6) is 0 Å². The van der Waals surface area contributed by atoms with Gasteiger partial charge in [0.05, 0.1) is 0 Å². The minimum Gasteiger partial charge on any atom is -0.339 e. The van der Waals surface area contributed by atoms with E-state index in [4.69, 9.17) is 16.6 Å². The smallest absolute Gasteiger partial charge is 0.210 e. The van der Waals surface area contributed by atoms with E-state index in [2.05, 4.69) is 53.5 Å². The van der Waals surface area contributed by atoms with Gasteiger partial charge in [0, 0.05) is 42.2 Å². The molecular weight excluding hydrogens is 418 g/mol. The Bertz CT molecular complexity index is 967. The Morgan fingerprint density at radius 1 is 1.25 bits per heavy atom. The number of carbonyl (C=O) groups is 1. The first-order chi connectivity index (χ1) is 15.6. The maximum absolute atomic E-state index is 12.5. The van der Waals surface area contributed by atoms with Crippen molar-refractivity contribution in [3.63, 3.8) is 0 Å². The molecule has 1 aromatic carbocycles. The van der Waals surface area contributed by atoms with E-state index in [9.17, 15) is 4.79 Å². The molecule has 4 atom stereocenters. The summed E-state index contributed by atoms with van der Waals surface area (Å²) in [6.07, 6.45) is 8.60. The molecule has 2 fully saturated rings. The van der Waals surface area contributed by atoms with Gasteiger partial charge < -0.3 is 10.2 Å². The Hall–Kier alpha value is -1.91. The average Bonchev–Trinajstić information content (AvgIpc) is 3.24. The first kappa shape index (κ1) is 21.9. The average molecular weight is 452 g/mol. The van der Waals surface area contributed by atoms with Crippen molar-refractivity contribution in [3.8, 4) is 0 Å². The highest BCUT2D eigenvalue weighted by Crippen LogP contribution is 2.55. The molecule has 1 aliphatic carbocycles. The molecule has 2 aromatic rings. The number of hydrogen-bond donors (Lipinski definition) is 1.